The molecule has 0 amide bonds. The highest BCUT2D eigenvalue weighted by molar-refractivity contribution is 9.10. The van der Waals surface area contributed by atoms with Gasteiger partial charge in [-0.05, 0) is 82.4 Å². The van der Waals surface area contributed by atoms with Crippen LogP contribution >= 0.6 is 15.9 Å². The first kappa shape index (κ1) is 40.6. The van der Waals surface area contributed by atoms with Crippen molar-refractivity contribution < 1.29 is 67.1 Å². The minimum absolute atomic E-state index is 0.0930. The highest BCUT2D eigenvalue weighted by atomic mass is 79.9. The third-order valence-corrected chi connectivity index (χ3v) is 6.59. The maximum Gasteiger partial charge on any atom is 0.488 e. The minimum Gasteiger partial charge on any atom is -0.423 e. The van der Waals surface area contributed by atoms with Crippen molar-refractivity contribution in [1.29, 1.82) is 10.5 Å². The standard InChI is InChI=1S/C15H5F8N.C8H8BF3O2.C7H2BrF2N/c16-12-2-1-10(13(17)11(12)6-24)7-3-8(14(18,19)20)5-9(4-7)15(21,22)23;1-5-2-6(8(10,11)12)4-7(3-5)9(13)14;8-5-1-2-6(9)4(3-11)7(5)10/h1-5H;2-4,13-14H,1H3;1-2H. The number of halogens is 14. The van der Waals surface area contributed by atoms with Crippen molar-refractivity contribution in [2.75, 3.05) is 0 Å². The Kier molecular flexibility index (Phi) is 13.0. The van der Waals surface area contributed by atoms with Gasteiger partial charge in [-0.3, -0.25) is 0 Å². The molecule has 19 heteroatoms. The van der Waals surface area contributed by atoms with E-state index in [1.165, 1.54) is 31.2 Å². The van der Waals surface area contributed by atoms with Crippen LogP contribution in [-0.4, -0.2) is 17.2 Å². The molecule has 0 aromatic heterocycles. The fourth-order valence-electron chi connectivity index (χ4n) is 3.74. The third-order valence-electron chi connectivity index (χ3n) is 5.98. The van der Waals surface area contributed by atoms with Crippen molar-refractivity contribution in [2.45, 2.75) is 25.5 Å². The van der Waals surface area contributed by atoms with Gasteiger partial charge < -0.3 is 10.0 Å². The van der Waals surface area contributed by atoms with E-state index >= 15 is 0 Å². The van der Waals surface area contributed by atoms with E-state index in [1.807, 2.05) is 0 Å². The molecule has 0 heterocycles. The van der Waals surface area contributed by atoms with Crippen molar-refractivity contribution >= 4 is 28.5 Å². The molecular formula is C30H15BBrF13N2O2. The molecule has 0 aliphatic rings. The Morgan fingerprint density at radius 1 is 0.612 bits per heavy atom. The van der Waals surface area contributed by atoms with Crippen LogP contribution in [0.1, 0.15) is 33.4 Å². The van der Waals surface area contributed by atoms with Crippen molar-refractivity contribution in [1.82, 2.24) is 0 Å². The first-order valence-electron chi connectivity index (χ1n) is 12.7. The second-order valence-corrected chi connectivity index (χ2v) is 10.4. The lowest BCUT2D eigenvalue weighted by Gasteiger charge is -2.15. The van der Waals surface area contributed by atoms with Crippen LogP contribution in [0.15, 0.2) is 65.1 Å². The van der Waals surface area contributed by atoms with Crippen LogP contribution in [0, 0.1) is 52.9 Å². The first-order valence-corrected chi connectivity index (χ1v) is 13.5. The lowest BCUT2D eigenvalue weighted by Crippen LogP contribution is -2.31. The quantitative estimate of drug-likeness (QED) is 0.121. The molecule has 0 radical (unpaired) electrons. The summed E-state index contributed by atoms with van der Waals surface area (Å²) >= 11 is 2.83. The Morgan fingerprint density at radius 2 is 1.04 bits per heavy atom. The molecule has 4 nitrogen and oxygen atoms in total. The van der Waals surface area contributed by atoms with E-state index in [9.17, 15) is 57.1 Å². The topological polar surface area (TPSA) is 88.0 Å². The molecule has 49 heavy (non-hydrogen) atoms. The zero-order chi connectivity index (χ0) is 37.6. The zero-order valence-corrected chi connectivity index (χ0v) is 25.5. The van der Waals surface area contributed by atoms with Crippen LogP contribution in [0.25, 0.3) is 11.1 Å². The largest absolute Gasteiger partial charge is 0.488 e. The van der Waals surface area contributed by atoms with E-state index in [2.05, 4.69) is 15.9 Å². The smallest absolute Gasteiger partial charge is 0.423 e. The second-order valence-electron chi connectivity index (χ2n) is 9.52. The van der Waals surface area contributed by atoms with E-state index < -0.39 is 87.9 Å². The molecule has 0 aliphatic heterocycles. The van der Waals surface area contributed by atoms with Gasteiger partial charge in [0.05, 0.1) is 21.2 Å². The summed E-state index contributed by atoms with van der Waals surface area (Å²) in [4.78, 5) is 0. The number of benzene rings is 4. The van der Waals surface area contributed by atoms with Gasteiger partial charge in [-0.1, -0.05) is 17.7 Å². The molecule has 2 N–H and O–H groups in total. The highest BCUT2D eigenvalue weighted by Gasteiger charge is 2.37. The van der Waals surface area contributed by atoms with Crippen LogP contribution in [-0.2, 0) is 18.5 Å². The van der Waals surface area contributed by atoms with Gasteiger partial charge >= 0.3 is 25.6 Å². The number of aryl methyl sites for hydroxylation is 1. The Labute approximate surface area is 276 Å². The van der Waals surface area contributed by atoms with E-state index in [4.69, 9.17) is 20.6 Å². The Bertz CT molecular complexity index is 1880. The zero-order valence-electron chi connectivity index (χ0n) is 23.9. The Balaban J connectivity index is 0.000000282. The number of alkyl halides is 9. The summed E-state index contributed by atoms with van der Waals surface area (Å²) in [5.41, 5.74) is -7.15. The maximum absolute atomic E-state index is 14.1. The number of nitrogens with zero attached hydrogens (tertiary/aromatic N) is 2. The molecule has 0 saturated heterocycles. The molecule has 0 aliphatic carbocycles. The third kappa shape index (κ3) is 10.7. The summed E-state index contributed by atoms with van der Waals surface area (Å²) in [6.45, 7) is 1.46. The molecule has 0 saturated carbocycles. The predicted octanol–water partition coefficient (Wildman–Crippen LogP) is 8.83. The van der Waals surface area contributed by atoms with E-state index in [0.29, 0.717) is 29.8 Å². The number of rotatable bonds is 2. The molecule has 0 atom stereocenters. The second kappa shape index (κ2) is 15.8. The Hall–Kier alpha value is -4.59. The SMILES string of the molecule is Cc1cc(B(O)O)cc(C(F)(F)F)c1.N#Cc1c(F)ccc(-c2cc(C(F)(F)F)cc(C(F)(F)F)c2)c1F.N#Cc1c(F)ccc(Br)c1F. The fraction of sp³-hybridized carbons (Fsp3) is 0.133. The molecule has 0 fully saturated rings. The van der Waals surface area contributed by atoms with Gasteiger partial charge in [0.15, 0.2) is 11.6 Å². The van der Waals surface area contributed by atoms with Gasteiger partial charge in [-0.25, -0.2) is 17.6 Å². The summed E-state index contributed by atoms with van der Waals surface area (Å²) in [6, 6.07) is 9.54. The molecule has 4 aromatic carbocycles. The van der Waals surface area contributed by atoms with Crippen LogP contribution < -0.4 is 5.46 Å². The summed E-state index contributed by atoms with van der Waals surface area (Å²) in [7, 11) is -1.88. The monoisotopic (exact) mass is 772 g/mol. The molecule has 4 aromatic rings. The fourth-order valence-corrected chi connectivity index (χ4v) is 4.07. The van der Waals surface area contributed by atoms with Gasteiger partial charge in [-0.2, -0.15) is 50.0 Å². The van der Waals surface area contributed by atoms with Crippen LogP contribution in [0.2, 0.25) is 0 Å². The molecule has 0 bridgehead atoms. The summed E-state index contributed by atoms with van der Waals surface area (Å²) in [5.74, 6) is -4.51. The van der Waals surface area contributed by atoms with Crippen molar-refractivity contribution in [2.24, 2.45) is 0 Å². The molecular weight excluding hydrogens is 758 g/mol. The van der Waals surface area contributed by atoms with Crippen LogP contribution in [0.4, 0.5) is 57.1 Å². The van der Waals surface area contributed by atoms with Gasteiger partial charge in [0.2, 0.25) is 0 Å². The lowest BCUT2D eigenvalue weighted by atomic mass is 9.78. The summed E-state index contributed by atoms with van der Waals surface area (Å²) < 4.78 is 166. The van der Waals surface area contributed by atoms with Crippen LogP contribution in [0.3, 0.4) is 0 Å². The first-order chi connectivity index (χ1) is 22.4. The number of hydrogen-bond acceptors (Lipinski definition) is 4. The van der Waals surface area contributed by atoms with Gasteiger partial charge in [-0.15, -0.1) is 0 Å². The van der Waals surface area contributed by atoms with E-state index in [-0.39, 0.29) is 16.0 Å². The molecule has 0 unspecified atom stereocenters. The Morgan fingerprint density at radius 3 is 1.45 bits per heavy atom. The summed E-state index contributed by atoms with van der Waals surface area (Å²) in [6.07, 6.45) is -14.7. The van der Waals surface area contributed by atoms with E-state index in [1.54, 1.807) is 0 Å². The number of hydrogen-bond donors (Lipinski definition) is 2. The van der Waals surface area contributed by atoms with Crippen molar-refractivity contribution in [3.63, 3.8) is 0 Å². The minimum atomic E-state index is -5.11. The van der Waals surface area contributed by atoms with Gasteiger partial charge in [0.25, 0.3) is 0 Å². The van der Waals surface area contributed by atoms with Crippen molar-refractivity contribution in [3.05, 3.63) is 122 Å². The average Bonchev–Trinajstić information content (AvgIpc) is 2.98. The average molecular weight is 773 g/mol. The van der Waals surface area contributed by atoms with Gasteiger partial charge in [0.1, 0.15) is 34.9 Å². The van der Waals surface area contributed by atoms with Gasteiger partial charge in [0, 0.05) is 5.56 Å². The number of nitriles is 2. The summed E-state index contributed by atoms with van der Waals surface area (Å²) in [5, 5.41) is 34.4. The predicted molar refractivity (Wildman–Crippen MR) is 151 cm³/mol. The highest BCUT2D eigenvalue weighted by Crippen LogP contribution is 2.39. The van der Waals surface area contributed by atoms with E-state index in [0.717, 1.165) is 18.2 Å². The van der Waals surface area contributed by atoms with Crippen molar-refractivity contribution in [3.8, 4) is 23.3 Å². The molecule has 0 spiro atoms. The molecule has 258 valence electrons. The maximum atomic E-state index is 14.1. The normalized spacial score (nSPS) is 11.3. The lowest BCUT2D eigenvalue weighted by molar-refractivity contribution is -0.143. The molecule has 4 rings (SSSR count). The van der Waals surface area contributed by atoms with Crippen LogP contribution in [0.5, 0.6) is 0 Å².